The number of carbonyl (C=O) groups excluding carboxylic acids is 2. The summed E-state index contributed by atoms with van der Waals surface area (Å²) in [7, 11) is 0. The summed E-state index contributed by atoms with van der Waals surface area (Å²) in [6.07, 6.45) is 5.28. The lowest BCUT2D eigenvalue weighted by Crippen LogP contribution is -2.17. The van der Waals surface area contributed by atoms with Crippen molar-refractivity contribution in [3.8, 4) is 11.5 Å². The van der Waals surface area contributed by atoms with Gasteiger partial charge >= 0.3 is 12.1 Å². The molecule has 5 nitrogen and oxygen atoms in total. The monoisotopic (exact) mass is 398 g/mol. The molecule has 0 saturated carbocycles. The van der Waals surface area contributed by atoms with Crippen molar-refractivity contribution in [2.75, 3.05) is 6.61 Å². The number of benzene rings is 2. The van der Waals surface area contributed by atoms with Gasteiger partial charge in [0.2, 0.25) is 0 Å². The van der Waals surface area contributed by atoms with E-state index in [0.29, 0.717) is 5.75 Å². The Labute approximate surface area is 173 Å². The van der Waals surface area contributed by atoms with Crippen LogP contribution in [0.5, 0.6) is 11.5 Å². The third kappa shape index (κ3) is 6.93. The molecule has 156 valence electrons. The zero-order valence-corrected chi connectivity index (χ0v) is 17.5. The number of esters is 1. The molecule has 0 spiro atoms. The number of para-hydroxylation sites is 1. The van der Waals surface area contributed by atoms with Gasteiger partial charge < -0.3 is 14.2 Å². The van der Waals surface area contributed by atoms with Crippen LogP contribution < -0.4 is 9.47 Å². The molecule has 0 aliphatic heterocycles. The summed E-state index contributed by atoms with van der Waals surface area (Å²) in [6.45, 7) is 6.25. The van der Waals surface area contributed by atoms with E-state index in [1.807, 2.05) is 12.1 Å². The second-order valence-corrected chi connectivity index (χ2v) is 6.82. The first-order chi connectivity index (χ1) is 14.1. The zero-order chi connectivity index (χ0) is 21.1. The van der Waals surface area contributed by atoms with Gasteiger partial charge in [0, 0.05) is 0 Å². The molecule has 0 saturated heterocycles. The fourth-order valence-electron chi connectivity index (χ4n) is 2.96. The maximum absolute atomic E-state index is 12.4. The first kappa shape index (κ1) is 22.5. The normalized spacial score (nSPS) is 10.4. The Morgan fingerprint density at radius 1 is 0.828 bits per heavy atom. The molecule has 0 radical (unpaired) electrons. The Kier molecular flexibility index (Phi) is 9.22. The maximum atomic E-state index is 12.4. The van der Waals surface area contributed by atoms with Crippen molar-refractivity contribution in [2.45, 2.75) is 59.3 Å². The summed E-state index contributed by atoms with van der Waals surface area (Å²) in [5, 5.41) is 0. The molecule has 0 amide bonds. The highest BCUT2D eigenvalue weighted by molar-refractivity contribution is 5.93. The van der Waals surface area contributed by atoms with E-state index in [0.717, 1.165) is 44.1 Å². The van der Waals surface area contributed by atoms with Crippen molar-refractivity contribution in [1.82, 2.24) is 0 Å². The highest BCUT2D eigenvalue weighted by Gasteiger charge is 2.18. The average Bonchev–Trinajstić information content (AvgIpc) is 2.72. The second kappa shape index (κ2) is 11.9. The molecule has 29 heavy (non-hydrogen) atoms. The molecule has 0 N–H and O–H groups in total. The molecule has 0 aromatic heterocycles. The van der Waals surface area contributed by atoms with Crippen molar-refractivity contribution in [3.05, 3.63) is 59.2 Å². The summed E-state index contributed by atoms with van der Waals surface area (Å²) in [5.74, 6) is 0.0720. The zero-order valence-electron chi connectivity index (χ0n) is 17.5. The van der Waals surface area contributed by atoms with E-state index in [2.05, 4.69) is 19.9 Å². The molecular formula is C24H30O5. The maximum Gasteiger partial charge on any atom is 0.519 e. The molecular weight excluding hydrogens is 368 g/mol. The van der Waals surface area contributed by atoms with Crippen LogP contribution in [-0.2, 0) is 17.6 Å². The lowest BCUT2D eigenvalue weighted by molar-refractivity contribution is 0.0522. The second-order valence-electron chi connectivity index (χ2n) is 6.82. The Hall–Kier alpha value is -2.82. The van der Waals surface area contributed by atoms with Crippen LogP contribution in [0.1, 0.15) is 67.9 Å². The SMILES string of the molecule is CCCCc1ccc(OC(=O)Oc2ccccc2C(=O)OCC)c(CCCC)c1. The summed E-state index contributed by atoms with van der Waals surface area (Å²) in [5.41, 5.74) is 2.43. The first-order valence-electron chi connectivity index (χ1n) is 10.4. The topological polar surface area (TPSA) is 61.8 Å². The number of rotatable bonds is 10. The highest BCUT2D eigenvalue weighted by atomic mass is 16.7. The minimum absolute atomic E-state index is 0.116. The van der Waals surface area contributed by atoms with Gasteiger partial charge in [0.1, 0.15) is 17.1 Å². The minimum atomic E-state index is -0.874. The first-order valence-corrected chi connectivity index (χ1v) is 10.4. The smallest absolute Gasteiger partial charge is 0.462 e. The van der Waals surface area contributed by atoms with Crippen LogP contribution in [-0.4, -0.2) is 18.7 Å². The highest BCUT2D eigenvalue weighted by Crippen LogP contribution is 2.25. The number of aryl methyl sites for hydroxylation is 2. The van der Waals surface area contributed by atoms with Crippen LogP contribution in [0.25, 0.3) is 0 Å². The molecule has 0 aliphatic carbocycles. The molecule has 0 fully saturated rings. The van der Waals surface area contributed by atoms with E-state index >= 15 is 0 Å². The molecule has 0 bridgehead atoms. The number of hydrogen-bond donors (Lipinski definition) is 0. The molecule has 0 aliphatic rings. The van der Waals surface area contributed by atoms with Crippen molar-refractivity contribution >= 4 is 12.1 Å². The van der Waals surface area contributed by atoms with E-state index in [1.54, 1.807) is 31.2 Å². The van der Waals surface area contributed by atoms with Crippen molar-refractivity contribution in [3.63, 3.8) is 0 Å². The fourth-order valence-corrected chi connectivity index (χ4v) is 2.96. The van der Waals surface area contributed by atoms with Gasteiger partial charge in [-0.1, -0.05) is 51.0 Å². The van der Waals surface area contributed by atoms with Gasteiger partial charge in [-0.3, -0.25) is 0 Å². The molecule has 2 aromatic carbocycles. The summed E-state index contributed by atoms with van der Waals surface area (Å²) in [4.78, 5) is 24.4. The Morgan fingerprint density at radius 3 is 2.24 bits per heavy atom. The third-order valence-corrected chi connectivity index (χ3v) is 4.51. The van der Waals surface area contributed by atoms with Crippen LogP contribution in [0, 0.1) is 0 Å². The number of ether oxygens (including phenoxy) is 3. The van der Waals surface area contributed by atoms with Gasteiger partial charge in [-0.2, -0.15) is 0 Å². The minimum Gasteiger partial charge on any atom is -0.462 e. The van der Waals surface area contributed by atoms with Gasteiger partial charge in [0.25, 0.3) is 0 Å². The Balaban J connectivity index is 2.15. The molecule has 2 rings (SSSR count). The van der Waals surface area contributed by atoms with Crippen LogP contribution in [0.4, 0.5) is 4.79 Å². The van der Waals surface area contributed by atoms with Gasteiger partial charge in [0.15, 0.2) is 0 Å². The molecule has 5 heteroatoms. The lowest BCUT2D eigenvalue weighted by Gasteiger charge is -2.13. The summed E-state index contributed by atoms with van der Waals surface area (Å²) < 4.78 is 15.8. The van der Waals surface area contributed by atoms with Crippen LogP contribution in [0.2, 0.25) is 0 Å². The van der Waals surface area contributed by atoms with Crippen LogP contribution in [0.15, 0.2) is 42.5 Å². The third-order valence-electron chi connectivity index (χ3n) is 4.51. The Morgan fingerprint density at radius 2 is 1.52 bits per heavy atom. The summed E-state index contributed by atoms with van der Waals surface area (Å²) in [6, 6.07) is 12.4. The molecule has 0 unspecified atom stereocenters. The summed E-state index contributed by atoms with van der Waals surface area (Å²) >= 11 is 0. The predicted octanol–water partition coefficient (Wildman–Crippen LogP) is 6.13. The molecule has 0 heterocycles. The largest absolute Gasteiger partial charge is 0.519 e. The molecule has 0 atom stereocenters. The lowest BCUT2D eigenvalue weighted by atomic mass is 10.0. The van der Waals surface area contributed by atoms with E-state index in [4.69, 9.17) is 14.2 Å². The fraction of sp³-hybridized carbons (Fsp3) is 0.417. The van der Waals surface area contributed by atoms with E-state index in [1.165, 1.54) is 5.56 Å². The van der Waals surface area contributed by atoms with Crippen LogP contribution in [0.3, 0.4) is 0 Å². The van der Waals surface area contributed by atoms with E-state index in [9.17, 15) is 9.59 Å². The number of carbonyl (C=O) groups is 2. The number of unbranched alkanes of at least 4 members (excludes halogenated alkanes) is 2. The number of hydrogen-bond acceptors (Lipinski definition) is 5. The van der Waals surface area contributed by atoms with Gasteiger partial charge in [-0.25, -0.2) is 9.59 Å². The van der Waals surface area contributed by atoms with Crippen molar-refractivity contribution in [2.24, 2.45) is 0 Å². The van der Waals surface area contributed by atoms with Crippen molar-refractivity contribution in [1.29, 1.82) is 0 Å². The average molecular weight is 398 g/mol. The standard InChI is InChI=1S/C24H30O5/c1-4-7-11-18-15-16-21(19(17-18)12-8-5-2)28-24(26)29-22-14-10-9-13-20(22)23(25)27-6-3/h9-10,13-17H,4-8,11-12H2,1-3H3. The van der Waals surface area contributed by atoms with Gasteiger partial charge in [0.05, 0.1) is 6.61 Å². The molecule has 2 aromatic rings. The Bertz CT molecular complexity index is 813. The van der Waals surface area contributed by atoms with Gasteiger partial charge in [-0.05, 0) is 61.9 Å². The van der Waals surface area contributed by atoms with Crippen molar-refractivity contribution < 1.29 is 23.8 Å². The van der Waals surface area contributed by atoms with E-state index in [-0.39, 0.29) is 17.9 Å². The quantitative estimate of drug-likeness (QED) is 0.356. The van der Waals surface area contributed by atoms with E-state index < -0.39 is 12.1 Å². The van der Waals surface area contributed by atoms with Crippen LogP contribution >= 0.6 is 0 Å². The predicted molar refractivity (Wildman–Crippen MR) is 113 cm³/mol. The van der Waals surface area contributed by atoms with Gasteiger partial charge in [-0.15, -0.1) is 0 Å².